The van der Waals surface area contributed by atoms with Crippen LogP contribution in [0.3, 0.4) is 0 Å². The summed E-state index contributed by atoms with van der Waals surface area (Å²) in [6, 6.07) is 8.24. The molecular formula is C23H30N2O2S2. The minimum absolute atomic E-state index is 0.0695. The van der Waals surface area contributed by atoms with Gasteiger partial charge in [-0.3, -0.25) is 9.79 Å². The molecule has 0 radical (unpaired) electrons. The monoisotopic (exact) mass is 430 g/mol. The van der Waals surface area contributed by atoms with Crippen LogP contribution in [0.5, 0.6) is 5.75 Å². The number of benzene rings is 1. The van der Waals surface area contributed by atoms with E-state index in [1.807, 2.05) is 12.1 Å². The van der Waals surface area contributed by atoms with E-state index in [1.165, 1.54) is 44.1 Å². The van der Waals surface area contributed by atoms with Gasteiger partial charge in [-0.2, -0.15) is 0 Å². The summed E-state index contributed by atoms with van der Waals surface area (Å²) in [6.45, 7) is 1.59. The predicted molar refractivity (Wildman–Crippen MR) is 122 cm³/mol. The summed E-state index contributed by atoms with van der Waals surface area (Å²) < 4.78 is 6.52. The number of carbonyl (C=O) groups excluding carboxylic acids is 1. The number of amides is 1. The molecule has 1 amide bonds. The van der Waals surface area contributed by atoms with Crippen molar-refractivity contribution in [3.63, 3.8) is 0 Å². The topological polar surface area (TPSA) is 41.9 Å². The number of aliphatic imine (C=N–C) groups is 1. The zero-order valence-corrected chi connectivity index (χ0v) is 18.8. The van der Waals surface area contributed by atoms with Crippen molar-refractivity contribution in [2.24, 2.45) is 22.7 Å². The van der Waals surface area contributed by atoms with E-state index in [0.29, 0.717) is 12.3 Å². The molecule has 1 aliphatic heterocycles. The summed E-state index contributed by atoms with van der Waals surface area (Å²) in [5, 5.41) is 0. The van der Waals surface area contributed by atoms with E-state index in [4.69, 9.17) is 4.74 Å². The molecule has 5 aliphatic rings. The minimum Gasteiger partial charge on any atom is -0.497 e. The molecule has 0 spiro atoms. The Balaban J connectivity index is 1.40. The lowest BCUT2D eigenvalue weighted by atomic mass is 9.52. The van der Waals surface area contributed by atoms with Gasteiger partial charge in [-0.05, 0) is 74.0 Å². The molecule has 0 N–H and O–H groups in total. The van der Waals surface area contributed by atoms with Gasteiger partial charge in [0.15, 0.2) is 0 Å². The summed E-state index contributed by atoms with van der Waals surface area (Å²) in [6.07, 6.45) is 7.78. The second-order valence-electron chi connectivity index (χ2n) is 9.26. The molecule has 1 aromatic carbocycles. The van der Waals surface area contributed by atoms with Gasteiger partial charge in [-0.25, -0.2) is 0 Å². The molecule has 1 aromatic rings. The van der Waals surface area contributed by atoms with Gasteiger partial charge in [-0.15, -0.1) is 0 Å². The normalized spacial score (nSPS) is 32.3. The van der Waals surface area contributed by atoms with Crippen molar-refractivity contribution in [3.05, 3.63) is 29.8 Å². The average Bonchev–Trinajstić information content (AvgIpc) is 3.23. The van der Waals surface area contributed by atoms with E-state index in [2.05, 4.69) is 22.0 Å². The van der Waals surface area contributed by atoms with Crippen molar-refractivity contribution in [1.29, 1.82) is 0 Å². The van der Waals surface area contributed by atoms with Crippen LogP contribution in [0.15, 0.2) is 29.3 Å². The molecule has 4 nitrogen and oxygen atoms in total. The van der Waals surface area contributed by atoms with Crippen LogP contribution in [0, 0.1) is 17.8 Å². The lowest BCUT2D eigenvalue weighted by molar-refractivity contribution is -0.149. The maximum Gasteiger partial charge on any atom is 0.233 e. The highest BCUT2D eigenvalue weighted by molar-refractivity contribution is 8.39. The number of thioether (sulfide) groups is 2. The number of ether oxygens (including phenoxy) is 1. The predicted octanol–water partition coefficient (Wildman–Crippen LogP) is 4.83. The van der Waals surface area contributed by atoms with Crippen LogP contribution >= 0.6 is 23.5 Å². The Morgan fingerprint density at radius 1 is 1.24 bits per heavy atom. The van der Waals surface area contributed by atoms with Crippen molar-refractivity contribution < 1.29 is 9.53 Å². The van der Waals surface area contributed by atoms with Gasteiger partial charge in [0, 0.05) is 17.8 Å². The summed E-state index contributed by atoms with van der Waals surface area (Å²) in [7, 11) is 1.71. The SMILES string of the molecule is COc1cccc(CN(C(=O)CSC2=NCCS2)C23CC4CC(CC(C4)C2)C3)c1. The summed E-state index contributed by atoms with van der Waals surface area (Å²) in [4.78, 5) is 20.4. The molecule has 156 valence electrons. The highest BCUT2D eigenvalue weighted by Gasteiger charge is 2.54. The van der Waals surface area contributed by atoms with Crippen molar-refractivity contribution >= 4 is 33.8 Å². The molecule has 0 atom stereocenters. The van der Waals surface area contributed by atoms with Crippen LogP contribution in [-0.2, 0) is 11.3 Å². The molecule has 29 heavy (non-hydrogen) atoms. The summed E-state index contributed by atoms with van der Waals surface area (Å²) >= 11 is 3.43. The standard InChI is InChI=1S/C23H30N2O2S2/c1-27-20-4-2-3-16(10-20)14-25(21(26)15-29-22-24-5-6-28-22)23-11-17-7-18(12-23)9-19(8-17)13-23/h2-4,10,17-19H,5-9,11-15H2,1H3. The summed E-state index contributed by atoms with van der Waals surface area (Å²) in [5.41, 5.74) is 1.24. The van der Waals surface area contributed by atoms with Crippen LogP contribution in [0.25, 0.3) is 0 Å². The fourth-order valence-corrected chi connectivity index (χ4v) is 8.36. The van der Waals surface area contributed by atoms with Crippen LogP contribution in [0.4, 0.5) is 0 Å². The number of hydrogen-bond acceptors (Lipinski definition) is 5. The molecule has 4 saturated carbocycles. The highest BCUT2D eigenvalue weighted by Crippen LogP contribution is 2.58. The Morgan fingerprint density at radius 2 is 1.97 bits per heavy atom. The summed E-state index contributed by atoms with van der Waals surface area (Å²) in [5.74, 6) is 5.19. The van der Waals surface area contributed by atoms with Gasteiger partial charge in [0.05, 0.1) is 19.4 Å². The number of rotatable bonds is 6. The molecule has 6 rings (SSSR count). The van der Waals surface area contributed by atoms with Gasteiger partial charge in [0.2, 0.25) is 5.91 Å². The van der Waals surface area contributed by atoms with Gasteiger partial charge in [-0.1, -0.05) is 35.7 Å². The quantitative estimate of drug-likeness (QED) is 0.648. The van der Waals surface area contributed by atoms with Crippen LogP contribution in [-0.4, -0.2) is 45.9 Å². The van der Waals surface area contributed by atoms with Gasteiger partial charge in [0.1, 0.15) is 10.1 Å². The Labute approximate surface area is 182 Å². The molecule has 1 heterocycles. The zero-order valence-electron chi connectivity index (χ0n) is 17.1. The van der Waals surface area contributed by atoms with Crippen LogP contribution in [0.1, 0.15) is 44.1 Å². The fraction of sp³-hybridized carbons (Fsp3) is 0.652. The second kappa shape index (κ2) is 8.18. The molecule has 0 saturated heterocycles. The molecule has 4 aliphatic carbocycles. The maximum absolute atomic E-state index is 13.6. The third-order valence-corrected chi connectivity index (χ3v) is 9.47. The lowest BCUT2D eigenvalue weighted by Gasteiger charge is -2.60. The number of methoxy groups -OCH3 is 1. The van der Waals surface area contributed by atoms with E-state index < -0.39 is 0 Å². The van der Waals surface area contributed by atoms with Crippen molar-refractivity contribution in [2.45, 2.75) is 50.6 Å². The molecular weight excluding hydrogens is 400 g/mol. The first-order chi connectivity index (χ1) is 14.1. The number of nitrogens with zero attached hydrogens (tertiary/aromatic N) is 2. The average molecular weight is 431 g/mol. The van der Waals surface area contributed by atoms with E-state index in [0.717, 1.165) is 40.2 Å². The van der Waals surface area contributed by atoms with E-state index in [9.17, 15) is 4.79 Å². The van der Waals surface area contributed by atoms with Gasteiger partial charge in [0.25, 0.3) is 0 Å². The van der Waals surface area contributed by atoms with E-state index in [1.54, 1.807) is 30.6 Å². The smallest absolute Gasteiger partial charge is 0.233 e. The molecule has 0 unspecified atom stereocenters. The number of hydrogen-bond donors (Lipinski definition) is 0. The zero-order chi connectivity index (χ0) is 19.8. The maximum atomic E-state index is 13.6. The molecule has 6 heteroatoms. The first-order valence-corrected chi connectivity index (χ1v) is 12.8. The third-order valence-electron chi connectivity index (χ3n) is 7.23. The molecule has 4 bridgehead atoms. The Bertz CT molecular complexity index is 775. The second-order valence-corrected chi connectivity index (χ2v) is 11.6. The highest BCUT2D eigenvalue weighted by atomic mass is 32.2. The van der Waals surface area contributed by atoms with E-state index >= 15 is 0 Å². The fourth-order valence-electron chi connectivity index (χ4n) is 6.47. The van der Waals surface area contributed by atoms with Gasteiger partial charge >= 0.3 is 0 Å². The van der Waals surface area contributed by atoms with Crippen molar-refractivity contribution in [2.75, 3.05) is 25.2 Å². The minimum atomic E-state index is 0.0695. The Morgan fingerprint density at radius 3 is 2.59 bits per heavy atom. The molecule has 4 fully saturated rings. The largest absolute Gasteiger partial charge is 0.497 e. The first kappa shape index (κ1) is 19.8. The Kier molecular flexibility index (Phi) is 5.59. The van der Waals surface area contributed by atoms with Crippen molar-refractivity contribution in [1.82, 2.24) is 4.90 Å². The molecule has 0 aromatic heterocycles. The van der Waals surface area contributed by atoms with Crippen molar-refractivity contribution in [3.8, 4) is 5.75 Å². The van der Waals surface area contributed by atoms with Crippen LogP contribution in [0.2, 0.25) is 0 Å². The third kappa shape index (κ3) is 4.07. The van der Waals surface area contributed by atoms with Gasteiger partial charge < -0.3 is 9.64 Å². The number of carbonyl (C=O) groups is 1. The van der Waals surface area contributed by atoms with E-state index in [-0.39, 0.29) is 11.4 Å². The lowest BCUT2D eigenvalue weighted by Crippen LogP contribution is -2.61. The first-order valence-electron chi connectivity index (χ1n) is 10.9. The Hall–Kier alpha value is -1.14. The van der Waals surface area contributed by atoms with Crippen LogP contribution < -0.4 is 4.74 Å².